The Kier molecular flexibility index (Phi) is 6.33. The number of sulfonamides is 1. The van der Waals surface area contributed by atoms with Crippen molar-refractivity contribution in [1.29, 1.82) is 0 Å². The molecule has 2 N–H and O–H groups in total. The van der Waals surface area contributed by atoms with Gasteiger partial charge in [-0.25, -0.2) is 17.8 Å². The van der Waals surface area contributed by atoms with Crippen LogP contribution in [-0.4, -0.2) is 42.3 Å². The fraction of sp³-hybridized carbons (Fsp3) is 0.412. The highest BCUT2D eigenvalue weighted by Crippen LogP contribution is 2.27. The predicted molar refractivity (Wildman–Crippen MR) is 102 cm³/mol. The number of hydrazine groups is 1. The molecular formula is C17H20ClFN4O4S. The highest BCUT2D eigenvalue weighted by molar-refractivity contribution is 7.89. The normalized spacial score (nSPS) is 17.5. The van der Waals surface area contributed by atoms with E-state index in [1.54, 1.807) is 24.1 Å². The van der Waals surface area contributed by atoms with Gasteiger partial charge >= 0.3 is 0 Å². The molecule has 28 heavy (non-hydrogen) atoms. The maximum atomic E-state index is 14.3. The van der Waals surface area contributed by atoms with Gasteiger partial charge in [-0.15, -0.1) is 4.83 Å². The molecule has 1 aliphatic rings. The van der Waals surface area contributed by atoms with Crippen LogP contribution >= 0.6 is 11.6 Å². The molecule has 8 nitrogen and oxygen atoms in total. The Balaban J connectivity index is 1.72. The maximum absolute atomic E-state index is 14.3. The lowest BCUT2D eigenvalue weighted by Gasteiger charge is -2.22. The van der Waals surface area contributed by atoms with Crippen LogP contribution in [0.1, 0.15) is 29.6 Å². The summed E-state index contributed by atoms with van der Waals surface area (Å²) < 4.78 is 45.7. The van der Waals surface area contributed by atoms with E-state index in [0.29, 0.717) is 24.3 Å². The van der Waals surface area contributed by atoms with Gasteiger partial charge in [-0.3, -0.25) is 10.2 Å². The molecule has 3 rings (SSSR count). The van der Waals surface area contributed by atoms with Gasteiger partial charge in [0.2, 0.25) is 10.0 Å². The van der Waals surface area contributed by atoms with Crippen LogP contribution in [0.25, 0.3) is 11.3 Å². The quantitative estimate of drug-likeness (QED) is 0.682. The molecule has 1 aliphatic heterocycles. The fourth-order valence-electron chi connectivity index (χ4n) is 2.88. The summed E-state index contributed by atoms with van der Waals surface area (Å²) in [6, 6.07) is 2.61. The number of carbonyl (C=O) groups excluding carboxylic acids is 1. The van der Waals surface area contributed by atoms with Crippen molar-refractivity contribution in [2.45, 2.75) is 25.4 Å². The number of aryl methyl sites for hydroxylation is 1. The second kappa shape index (κ2) is 8.56. The van der Waals surface area contributed by atoms with Crippen molar-refractivity contribution in [3.8, 4) is 11.3 Å². The van der Waals surface area contributed by atoms with Crippen LogP contribution < -0.4 is 10.3 Å². The van der Waals surface area contributed by atoms with Crippen LogP contribution in [0.2, 0.25) is 5.02 Å². The van der Waals surface area contributed by atoms with E-state index in [1.807, 2.05) is 10.3 Å². The van der Waals surface area contributed by atoms with Crippen molar-refractivity contribution in [1.82, 2.24) is 19.8 Å². The van der Waals surface area contributed by atoms with Gasteiger partial charge < -0.3 is 9.30 Å². The molecular weight excluding hydrogens is 411 g/mol. The first kappa shape index (κ1) is 20.7. The molecule has 1 saturated heterocycles. The lowest BCUT2D eigenvalue weighted by Crippen LogP contribution is -2.45. The number of halogens is 2. The number of nitrogens with zero attached hydrogens (tertiary/aromatic N) is 2. The highest BCUT2D eigenvalue weighted by atomic mass is 35.5. The molecule has 152 valence electrons. The number of amides is 1. The van der Waals surface area contributed by atoms with Crippen LogP contribution in [0.3, 0.4) is 0 Å². The summed E-state index contributed by atoms with van der Waals surface area (Å²) in [7, 11) is -2.08. The second-order valence-corrected chi connectivity index (χ2v) is 8.74. The summed E-state index contributed by atoms with van der Waals surface area (Å²) in [5.41, 5.74) is 2.55. The van der Waals surface area contributed by atoms with Gasteiger partial charge in [0.1, 0.15) is 0 Å². The van der Waals surface area contributed by atoms with Gasteiger partial charge in [0, 0.05) is 25.4 Å². The Morgan fingerprint density at radius 1 is 1.43 bits per heavy atom. The largest absolute Gasteiger partial charge is 0.377 e. The zero-order valence-corrected chi connectivity index (χ0v) is 16.7. The van der Waals surface area contributed by atoms with Crippen molar-refractivity contribution >= 4 is 27.5 Å². The van der Waals surface area contributed by atoms with Gasteiger partial charge in [-0.1, -0.05) is 11.6 Å². The molecule has 0 radical (unpaired) electrons. The number of aromatic nitrogens is 2. The lowest BCUT2D eigenvalue weighted by molar-refractivity contribution is 0.0303. The average Bonchev–Trinajstić information content (AvgIpc) is 3.09. The Morgan fingerprint density at radius 3 is 2.86 bits per heavy atom. The van der Waals surface area contributed by atoms with Crippen molar-refractivity contribution in [3.63, 3.8) is 0 Å². The molecule has 0 saturated carbocycles. The first-order valence-corrected chi connectivity index (χ1v) is 10.7. The topological polar surface area (TPSA) is 102 Å². The van der Waals surface area contributed by atoms with Crippen LogP contribution in [0.4, 0.5) is 4.39 Å². The third-order valence-electron chi connectivity index (χ3n) is 4.27. The monoisotopic (exact) mass is 430 g/mol. The molecule has 0 aliphatic carbocycles. The maximum Gasteiger partial charge on any atom is 0.269 e. The van der Waals surface area contributed by atoms with Crippen LogP contribution in [0.5, 0.6) is 0 Å². The SMILES string of the molecule is Cn1cnc(-c2cc(Cl)c(F)c(C(=O)NNS(=O)(=O)CC3CCCCO3)c2)c1. The molecule has 2 aromatic rings. The number of rotatable bonds is 6. The molecule has 0 spiro atoms. The van der Waals surface area contributed by atoms with Crippen LogP contribution in [0, 0.1) is 5.82 Å². The van der Waals surface area contributed by atoms with E-state index in [1.165, 1.54) is 12.1 Å². The van der Waals surface area contributed by atoms with E-state index < -0.39 is 33.4 Å². The number of hydrogen-bond donors (Lipinski definition) is 2. The fourth-order valence-corrected chi connectivity index (χ4v) is 4.18. The van der Waals surface area contributed by atoms with Gasteiger partial charge in [0.25, 0.3) is 5.91 Å². The number of nitrogens with one attached hydrogen (secondary N) is 2. The zero-order chi connectivity index (χ0) is 20.3. The van der Waals surface area contributed by atoms with Crippen molar-refractivity contribution in [3.05, 3.63) is 41.1 Å². The Labute approximate surface area is 167 Å². The number of hydrogen-bond acceptors (Lipinski definition) is 5. The van der Waals surface area contributed by atoms with Crippen molar-refractivity contribution in [2.75, 3.05) is 12.4 Å². The van der Waals surface area contributed by atoms with E-state index in [0.717, 1.165) is 12.8 Å². The van der Waals surface area contributed by atoms with Crippen molar-refractivity contribution < 1.29 is 22.3 Å². The average molecular weight is 431 g/mol. The first-order valence-electron chi connectivity index (χ1n) is 8.64. The van der Waals surface area contributed by atoms with E-state index in [9.17, 15) is 17.6 Å². The molecule has 2 heterocycles. The summed E-state index contributed by atoms with van der Waals surface area (Å²) in [5, 5.41) is -0.272. The molecule has 1 fully saturated rings. The molecule has 11 heteroatoms. The third kappa shape index (κ3) is 5.07. The highest BCUT2D eigenvalue weighted by Gasteiger charge is 2.24. The third-order valence-corrected chi connectivity index (χ3v) is 5.77. The summed E-state index contributed by atoms with van der Waals surface area (Å²) in [6.07, 6.45) is 5.21. The van der Waals surface area contributed by atoms with Gasteiger partial charge in [0.05, 0.1) is 34.5 Å². The molecule has 1 amide bonds. The number of benzene rings is 1. The minimum Gasteiger partial charge on any atom is -0.377 e. The lowest BCUT2D eigenvalue weighted by atomic mass is 10.1. The standard InChI is InChI=1S/C17H20ClFN4O4S/c1-23-8-15(20-10-23)11-6-13(16(19)14(18)7-11)17(24)21-22-28(25,26)9-12-4-2-3-5-27-12/h6-8,10,12,22H,2-5,9H2,1H3,(H,21,24). The van der Waals surface area contributed by atoms with Crippen LogP contribution in [0.15, 0.2) is 24.7 Å². The summed E-state index contributed by atoms with van der Waals surface area (Å²) in [6.45, 7) is 0.510. The summed E-state index contributed by atoms with van der Waals surface area (Å²) in [4.78, 5) is 18.5. The minimum atomic E-state index is -3.84. The van der Waals surface area contributed by atoms with Crippen LogP contribution in [-0.2, 0) is 21.8 Å². The van der Waals surface area contributed by atoms with E-state index in [4.69, 9.17) is 16.3 Å². The van der Waals surface area contributed by atoms with Crippen molar-refractivity contribution in [2.24, 2.45) is 7.05 Å². The molecule has 1 atom stereocenters. The second-order valence-electron chi connectivity index (χ2n) is 6.57. The number of carbonyl (C=O) groups is 1. The van der Waals surface area contributed by atoms with E-state index in [-0.39, 0.29) is 10.8 Å². The van der Waals surface area contributed by atoms with E-state index >= 15 is 0 Å². The molecule has 1 aromatic heterocycles. The predicted octanol–water partition coefficient (Wildman–Crippen LogP) is 2.01. The Bertz CT molecular complexity index is 974. The van der Waals surface area contributed by atoms with Gasteiger partial charge in [0.15, 0.2) is 5.82 Å². The summed E-state index contributed by atoms with van der Waals surface area (Å²) in [5.74, 6) is -2.20. The Morgan fingerprint density at radius 2 is 2.21 bits per heavy atom. The zero-order valence-electron chi connectivity index (χ0n) is 15.1. The smallest absolute Gasteiger partial charge is 0.269 e. The van der Waals surface area contributed by atoms with E-state index in [2.05, 4.69) is 4.98 Å². The summed E-state index contributed by atoms with van der Waals surface area (Å²) >= 11 is 5.89. The van der Waals surface area contributed by atoms with Gasteiger partial charge in [-0.05, 0) is 31.4 Å². The first-order chi connectivity index (χ1) is 13.2. The molecule has 0 bridgehead atoms. The number of ether oxygens (including phenoxy) is 1. The molecule has 1 unspecified atom stereocenters. The molecule has 1 aromatic carbocycles. The van der Waals surface area contributed by atoms with Gasteiger partial charge in [-0.2, -0.15) is 0 Å². The Hall–Kier alpha value is -2.01. The minimum absolute atomic E-state index is 0.272. The number of imidazole rings is 1.